The van der Waals surface area contributed by atoms with Crippen molar-refractivity contribution in [2.45, 2.75) is 20.8 Å². The molecular weight excluding hydrogens is 520 g/mol. The zero-order valence-electron chi connectivity index (χ0n) is 20.8. The monoisotopic (exact) mass is 548 g/mol. The van der Waals surface area contributed by atoms with E-state index >= 15 is 0 Å². The van der Waals surface area contributed by atoms with Crippen LogP contribution in [-0.4, -0.2) is 8.32 Å². The number of hydrogen-bond donors (Lipinski definition) is 0. The summed E-state index contributed by atoms with van der Waals surface area (Å²) in [6.07, 6.45) is 0. The second-order valence-electron chi connectivity index (χ2n) is 9.30. The molecule has 0 heterocycles. The number of halogens is 1. The van der Waals surface area contributed by atoms with E-state index in [1.165, 1.54) is 37.8 Å². The first-order valence-electron chi connectivity index (χ1n) is 12.2. The van der Waals surface area contributed by atoms with Crippen molar-refractivity contribution in [1.29, 1.82) is 0 Å². The molecule has 5 rings (SSSR count). The van der Waals surface area contributed by atoms with Gasteiger partial charge in [0.2, 0.25) is 0 Å². The van der Waals surface area contributed by atoms with Crippen LogP contribution in [0.1, 0.15) is 16.7 Å². The molecule has 0 aliphatic rings. The molecule has 178 valence electrons. The summed E-state index contributed by atoms with van der Waals surface area (Å²) in [5, 5.41) is 3.65. The normalized spacial score (nSPS) is 11.3. The van der Waals surface area contributed by atoms with Crippen molar-refractivity contribution in [2.75, 3.05) is 0 Å². The number of hydrogen-bond acceptors (Lipinski definition) is 1. The van der Waals surface area contributed by atoms with Crippen LogP contribution >= 0.6 is 15.9 Å². The molecule has 0 bridgehead atoms. The molecule has 1 nitrogen and oxygen atoms in total. The van der Waals surface area contributed by atoms with E-state index in [4.69, 9.17) is 4.43 Å². The molecule has 3 heteroatoms. The minimum atomic E-state index is -2.87. The Balaban J connectivity index is 1.73. The molecular formula is C33H29BrOSi. The first kappa shape index (κ1) is 24.3. The zero-order chi connectivity index (χ0) is 25.1. The van der Waals surface area contributed by atoms with Gasteiger partial charge >= 0.3 is 8.32 Å². The summed E-state index contributed by atoms with van der Waals surface area (Å²) in [4.78, 5) is 0. The molecule has 0 aliphatic heterocycles. The molecule has 0 amide bonds. The summed E-state index contributed by atoms with van der Waals surface area (Å²) in [6.45, 7) is 6.46. The Morgan fingerprint density at radius 2 is 1.06 bits per heavy atom. The molecule has 5 aromatic carbocycles. The lowest BCUT2D eigenvalue weighted by Crippen LogP contribution is -2.71. The van der Waals surface area contributed by atoms with Crippen LogP contribution in [0.4, 0.5) is 0 Å². The standard InChI is InChI=1S/C33H29BrOSi/c1-24-19-20-25(2)31(21-24)27-22-26(3)33(32(34)23-27)35-36(28-13-7-4-8-14-28,29-15-9-5-10-16-29)30-17-11-6-12-18-30/h4-23H,1-3H3. The Labute approximate surface area is 223 Å². The minimum absolute atomic E-state index is 0.896. The highest BCUT2D eigenvalue weighted by Gasteiger charge is 2.44. The molecule has 0 aromatic heterocycles. The fraction of sp³-hybridized carbons (Fsp3) is 0.0909. The summed E-state index contributed by atoms with van der Waals surface area (Å²) in [5.74, 6) is 0.896. The SMILES string of the molecule is Cc1ccc(C)c(-c2cc(C)c(O[Si](c3ccccc3)(c3ccccc3)c3ccccc3)c(Br)c2)c1. The fourth-order valence-corrected chi connectivity index (χ4v) is 9.62. The number of aryl methyl sites for hydroxylation is 3. The van der Waals surface area contributed by atoms with E-state index in [1.54, 1.807) is 0 Å². The maximum atomic E-state index is 7.36. The Hall–Kier alpha value is -3.40. The average molecular weight is 550 g/mol. The molecule has 0 N–H and O–H groups in total. The van der Waals surface area contributed by atoms with Crippen LogP contribution in [0.2, 0.25) is 0 Å². The summed E-state index contributed by atoms with van der Waals surface area (Å²) in [7, 11) is -2.87. The Morgan fingerprint density at radius 1 is 0.556 bits per heavy atom. The second kappa shape index (κ2) is 10.3. The highest BCUT2D eigenvalue weighted by Crippen LogP contribution is 2.37. The smallest absolute Gasteiger partial charge is 0.346 e. The lowest BCUT2D eigenvalue weighted by Gasteiger charge is -2.34. The van der Waals surface area contributed by atoms with Gasteiger partial charge in [-0.2, -0.15) is 0 Å². The third kappa shape index (κ3) is 4.57. The van der Waals surface area contributed by atoms with Gasteiger partial charge in [0.25, 0.3) is 0 Å². The van der Waals surface area contributed by atoms with E-state index in [9.17, 15) is 0 Å². The van der Waals surface area contributed by atoms with Gasteiger partial charge in [-0.1, -0.05) is 115 Å². The lowest BCUT2D eigenvalue weighted by atomic mass is 9.97. The topological polar surface area (TPSA) is 9.23 Å². The molecule has 0 fully saturated rings. The van der Waals surface area contributed by atoms with E-state index in [1.807, 2.05) is 0 Å². The van der Waals surface area contributed by atoms with Crippen LogP contribution in [0.25, 0.3) is 11.1 Å². The van der Waals surface area contributed by atoms with Crippen molar-refractivity contribution in [3.05, 3.63) is 142 Å². The summed E-state index contributed by atoms with van der Waals surface area (Å²) in [6, 6.07) is 43.2. The Bertz CT molecular complexity index is 1360. The van der Waals surface area contributed by atoms with Gasteiger partial charge in [0.05, 0.1) is 4.47 Å². The van der Waals surface area contributed by atoms with Crippen molar-refractivity contribution in [3.63, 3.8) is 0 Å². The largest absolute Gasteiger partial charge is 0.529 e. The summed E-state index contributed by atoms with van der Waals surface area (Å²) >= 11 is 3.91. The van der Waals surface area contributed by atoms with Crippen LogP contribution in [0.5, 0.6) is 5.75 Å². The van der Waals surface area contributed by atoms with Crippen LogP contribution in [0.3, 0.4) is 0 Å². The van der Waals surface area contributed by atoms with Gasteiger partial charge in [0.1, 0.15) is 5.75 Å². The first-order valence-corrected chi connectivity index (χ1v) is 14.9. The zero-order valence-corrected chi connectivity index (χ0v) is 23.4. The lowest BCUT2D eigenvalue weighted by molar-refractivity contribution is 0.568. The molecule has 0 radical (unpaired) electrons. The van der Waals surface area contributed by atoms with Crippen molar-refractivity contribution >= 4 is 39.8 Å². The maximum Gasteiger partial charge on any atom is 0.346 e. The Kier molecular flexibility index (Phi) is 6.95. The second-order valence-corrected chi connectivity index (χ2v) is 13.5. The molecule has 0 spiro atoms. The number of rotatable bonds is 6. The van der Waals surface area contributed by atoms with Gasteiger partial charge in [0, 0.05) is 0 Å². The van der Waals surface area contributed by atoms with Crippen molar-refractivity contribution < 1.29 is 4.43 Å². The molecule has 0 aliphatic carbocycles. The molecule has 0 unspecified atom stereocenters. The fourth-order valence-electron chi connectivity index (χ4n) is 4.91. The average Bonchev–Trinajstić information content (AvgIpc) is 2.91. The van der Waals surface area contributed by atoms with Crippen LogP contribution in [0, 0.1) is 20.8 Å². The van der Waals surface area contributed by atoms with Gasteiger partial charge in [0.15, 0.2) is 0 Å². The van der Waals surface area contributed by atoms with E-state index in [0.29, 0.717) is 0 Å². The van der Waals surface area contributed by atoms with E-state index in [2.05, 4.69) is 158 Å². The third-order valence-electron chi connectivity index (χ3n) is 6.73. The van der Waals surface area contributed by atoms with Crippen LogP contribution < -0.4 is 20.0 Å². The molecule has 36 heavy (non-hydrogen) atoms. The highest BCUT2D eigenvalue weighted by atomic mass is 79.9. The highest BCUT2D eigenvalue weighted by molar-refractivity contribution is 9.10. The van der Waals surface area contributed by atoms with Gasteiger partial charge in [-0.25, -0.2) is 0 Å². The van der Waals surface area contributed by atoms with E-state index < -0.39 is 8.32 Å². The first-order chi connectivity index (χ1) is 17.5. The van der Waals surface area contributed by atoms with Gasteiger partial charge in [-0.15, -0.1) is 0 Å². The summed E-state index contributed by atoms with van der Waals surface area (Å²) in [5.41, 5.74) is 6.08. The van der Waals surface area contributed by atoms with E-state index in [-0.39, 0.29) is 0 Å². The van der Waals surface area contributed by atoms with Crippen LogP contribution in [-0.2, 0) is 0 Å². The van der Waals surface area contributed by atoms with Crippen molar-refractivity contribution in [1.82, 2.24) is 0 Å². The summed E-state index contributed by atoms with van der Waals surface area (Å²) < 4.78 is 8.33. The van der Waals surface area contributed by atoms with Crippen molar-refractivity contribution in [2.24, 2.45) is 0 Å². The molecule has 0 saturated carbocycles. The molecule has 5 aromatic rings. The number of benzene rings is 5. The van der Waals surface area contributed by atoms with Gasteiger partial charge in [-0.3, -0.25) is 0 Å². The predicted molar refractivity (Wildman–Crippen MR) is 158 cm³/mol. The van der Waals surface area contributed by atoms with Gasteiger partial charge in [-0.05, 0) is 86.6 Å². The third-order valence-corrected chi connectivity index (χ3v) is 11.3. The quantitative estimate of drug-likeness (QED) is 0.162. The van der Waals surface area contributed by atoms with Crippen LogP contribution in [0.15, 0.2) is 126 Å². The minimum Gasteiger partial charge on any atom is -0.529 e. The van der Waals surface area contributed by atoms with E-state index in [0.717, 1.165) is 15.8 Å². The van der Waals surface area contributed by atoms with Crippen molar-refractivity contribution in [3.8, 4) is 16.9 Å². The molecule has 0 saturated heterocycles. The Morgan fingerprint density at radius 3 is 1.53 bits per heavy atom. The van der Waals surface area contributed by atoms with Gasteiger partial charge < -0.3 is 4.43 Å². The predicted octanol–water partition coefficient (Wildman–Crippen LogP) is 7.09. The maximum absolute atomic E-state index is 7.36. The molecule has 0 atom stereocenters.